The molecule has 1 aromatic carbocycles. The van der Waals surface area contributed by atoms with Gasteiger partial charge < -0.3 is 19.9 Å². The summed E-state index contributed by atoms with van der Waals surface area (Å²) in [5, 5.41) is 11.7. The number of hydrogen-bond donors (Lipinski definition) is 2. The minimum absolute atomic E-state index is 0.118. The predicted octanol–water partition coefficient (Wildman–Crippen LogP) is 0.941. The van der Waals surface area contributed by atoms with Gasteiger partial charge in [-0.3, -0.25) is 9.69 Å². The van der Waals surface area contributed by atoms with E-state index in [2.05, 4.69) is 5.32 Å². The third-order valence-electron chi connectivity index (χ3n) is 3.47. The molecule has 0 bridgehead atoms. The standard InChI is InChI=1S/C14H18N2O5/c1-16(9-3-5-10(20-2)6-4-9)14(19)15-12-8-21-7-11(12)13(17)18/h3-6,11-12H,7-8H2,1-2H3,(H,15,19)(H,17,18). The van der Waals surface area contributed by atoms with Crippen molar-refractivity contribution in [1.29, 1.82) is 0 Å². The highest BCUT2D eigenvalue weighted by molar-refractivity contribution is 5.92. The van der Waals surface area contributed by atoms with Crippen LogP contribution < -0.4 is 15.0 Å². The lowest BCUT2D eigenvalue weighted by atomic mass is 10.0. The first-order valence-corrected chi connectivity index (χ1v) is 6.51. The van der Waals surface area contributed by atoms with Crippen molar-refractivity contribution in [2.45, 2.75) is 6.04 Å². The second-order valence-electron chi connectivity index (χ2n) is 4.80. The number of amides is 2. The van der Waals surface area contributed by atoms with Gasteiger partial charge in [0.15, 0.2) is 0 Å². The van der Waals surface area contributed by atoms with Gasteiger partial charge in [-0.1, -0.05) is 0 Å². The summed E-state index contributed by atoms with van der Waals surface area (Å²) >= 11 is 0. The fourth-order valence-corrected chi connectivity index (χ4v) is 2.12. The molecule has 0 spiro atoms. The van der Waals surface area contributed by atoms with Crippen molar-refractivity contribution in [1.82, 2.24) is 5.32 Å². The van der Waals surface area contributed by atoms with Crippen LogP contribution in [0.15, 0.2) is 24.3 Å². The molecule has 7 nitrogen and oxygen atoms in total. The van der Waals surface area contributed by atoms with Crippen LogP contribution in [0.1, 0.15) is 0 Å². The molecule has 1 fully saturated rings. The quantitative estimate of drug-likeness (QED) is 0.863. The predicted molar refractivity (Wildman–Crippen MR) is 75.7 cm³/mol. The number of carboxylic acid groups (broad SMARTS) is 1. The van der Waals surface area contributed by atoms with E-state index < -0.39 is 17.9 Å². The molecule has 1 heterocycles. The number of anilines is 1. The van der Waals surface area contributed by atoms with Gasteiger partial charge in [0.1, 0.15) is 11.7 Å². The van der Waals surface area contributed by atoms with Crippen molar-refractivity contribution in [3.05, 3.63) is 24.3 Å². The SMILES string of the molecule is COc1ccc(N(C)C(=O)NC2COCC2C(=O)O)cc1. The number of hydrogen-bond acceptors (Lipinski definition) is 4. The van der Waals surface area contributed by atoms with Crippen LogP contribution in [0.3, 0.4) is 0 Å². The van der Waals surface area contributed by atoms with Crippen molar-refractivity contribution in [2.24, 2.45) is 5.92 Å². The van der Waals surface area contributed by atoms with Gasteiger partial charge in [-0.25, -0.2) is 4.79 Å². The zero-order valence-electron chi connectivity index (χ0n) is 11.9. The van der Waals surface area contributed by atoms with Gasteiger partial charge in [-0.2, -0.15) is 0 Å². The van der Waals surface area contributed by atoms with E-state index in [-0.39, 0.29) is 19.2 Å². The number of nitrogens with zero attached hydrogens (tertiary/aromatic N) is 1. The minimum atomic E-state index is -0.968. The Bertz CT molecular complexity index is 517. The van der Waals surface area contributed by atoms with E-state index in [0.29, 0.717) is 11.4 Å². The zero-order chi connectivity index (χ0) is 15.4. The number of methoxy groups -OCH3 is 1. The summed E-state index contributed by atoms with van der Waals surface area (Å²) in [6.07, 6.45) is 0. The molecule has 7 heteroatoms. The fraction of sp³-hybridized carbons (Fsp3) is 0.429. The van der Waals surface area contributed by atoms with Crippen LogP contribution in [0.4, 0.5) is 10.5 Å². The third kappa shape index (κ3) is 3.43. The zero-order valence-corrected chi connectivity index (χ0v) is 11.9. The topological polar surface area (TPSA) is 88.1 Å². The molecular formula is C14H18N2O5. The maximum atomic E-state index is 12.2. The van der Waals surface area contributed by atoms with E-state index in [9.17, 15) is 9.59 Å². The normalized spacial score (nSPS) is 20.9. The number of carbonyl (C=O) groups is 2. The van der Waals surface area contributed by atoms with Crippen molar-refractivity contribution >= 4 is 17.7 Å². The molecule has 1 aliphatic rings. The Hall–Kier alpha value is -2.28. The lowest BCUT2D eigenvalue weighted by Gasteiger charge is -2.22. The molecule has 0 radical (unpaired) electrons. The highest BCUT2D eigenvalue weighted by Gasteiger charge is 2.35. The third-order valence-corrected chi connectivity index (χ3v) is 3.47. The summed E-state index contributed by atoms with van der Waals surface area (Å²) in [7, 11) is 3.18. The van der Waals surface area contributed by atoms with Crippen LogP contribution in [-0.4, -0.2) is 50.5 Å². The number of carboxylic acids is 1. The van der Waals surface area contributed by atoms with Gasteiger partial charge in [0.05, 0.1) is 26.4 Å². The smallest absolute Gasteiger partial charge is 0.321 e. The number of urea groups is 1. The molecular weight excluding hydrogens is 276 g/mol. The summed E-state index contributed by atoms with van der Waals surface area (Å²) in [6.45, 7) is 0.325. The van der Waals surface area contributed by atoms with Gasteiger partial charge >= 0.3 is 12.0 Å². The number of benzene rings is 1. The Morgan fingerprint density at radius 1 is 1.33 bits per heavy atom. The fourth-order valence-electron chi connectivity index (χ4n) is 2.12. The van der Waals surface area contributed by atoms with Gasteiger partial charge in [-0.05, 0) is 24.3 Å². The van der Waals surface area contributed by atoms with Crippen molar-refractivity contribution in [2.75, 3.05) is 32.3 Å². The number of rotatable bonds is 4. The Morgan fingerprint density at radius 3 is 2.57 bits per heavy atom. The lowest BCUT2D eigenvalue weighted by Crippen LogP contribution is -2.47. The van der Waals surface area contributed by atoms with Crippen LogP contribution in [0.2, 0.25) is 0 Å². The molecule has 0 saturated carbocycles. The summed E-state index contributed by atoms with van der Waals surface area (Å²) in [5.41, 5.74) is 0.680. The second kappa shape index (κ2) is 6.45. The van der Waals surface area contributed by atoms with Crippen LogP contribution >= 0.6 is 0 Å². The van der Waals surface area contributed by atoms with E-state index in [1.165, 1.54) is 4.90 Å². The molecule has 2 amide bonds. The molecule has 2 rings (SSSR count). The Balaban J connectivity index is 2.00. The van der Waals surface area contributed by atoms with Crippen LogP contribution in [0.5, 0.6) is 5.75 Å². The molecule has 2 N–H and O–H groups in total. The van der Waals surface area contributed by atoms with Crippen molar-refractivity contribution < 1.29 is 24.2 Å². The first-order chi connectivity index (χ1) is 10.0. The molecule has 1 aromatic rings. The van der Waals surface area contributed by atoms with Crippen molar-refractivity contribution in [3.8, 4) is 5.75 Å². The minimum Gasteiger partial charge on any atom is -0.497 e. The molecule has 2 unspecified atom stereocenters. The lowest BCUT2D eigenvalue weighted by molar-refractivity contribution is -0.142. The monoisotopic (exact) mass is 294 g/mol. The molecule has 0 aromatic heterocycles. The second-order valence-corrected chi connectivity index (χ2v) is 4.80. The first-order valence-electron chi connectivity index (χ1n) is 6.51. The number of nitrogens with one attached hydrogen (secondary N) is 1. The van der Waals surface area contributed by atoms with E-state index in [0.717, 1.165) is 0 Å². The van der Waals surface area contributed by atoms with E-state index in [4.69, 9.17) is 14.6 Å². The largest absolute Gasteiger partial charge is 0.497 e. The van der Waals surface area contributed by atoms with E-state index in [1.807, 2.05) is 0 Å². The van der Waals surface area contributed by atoms with Gasteiger partial charge in [0, 0.05) is 12.7 Å². The molecule has 2 atom stereocenters. The highest BCUT2D eigenvalue weighted by Crippen LogP contribution is 2.19. The summed E-state index contributed by atoms with van der Waals surface area (Å²) in [4.78, 5) is 24.6. The molecule has 0 aliphatic carbocycles. The van der Waals surface area contributed by atoms with Gasteiger partial charge in [-0.15, -0.1) is 0 Å². The number of carbonyl (C=O) groups excluding carboxylic acids is 1. The van der Waals surface area contributed by atoms with E-state index in [1.54, 1.807) is 38.4 Å². The Kier molecular flexibility index (Phi) is 4.64. The van der Waals surface area contributed by atoms with Gasteiger partial charge in [0.25, 0.3) is 0 Å². The maximum absolute atomic E-state index is 12.2. The molecule has 1 saturated heterocycles. The van der Waals surface area contributed by atoms with Crippen LogP contribution in [0.25, 0.3) is 0 Å². The Labute approximate surface area is 122 Å². The summed E-state index contributed by atoms with van der Waals surface area (Å²) < 4.78 is 10.2. The van der Waals surface area contributed by atoms with Gasteiger partial charge in [0.2, 0.25) is 0 Å². The average Bonchev–Trinajstić information content (AvgIpc) is 2.95. The average molecular weight is 294 g/mol. The summed E-state index contributed by atoms with van der Waals surface area (Å²) in [5.74, 6) is -0.981. The number of aliphatic carboxylic acids is 1. The molecule has 1 aliphatic heterocycles. The van der Waals surface area contributed by atoms with Crippen LogP contribution in [0, 0.1) is 5.92 Å². The van der Waals surface area contributed by atoms with E-state index >= 15 is 0 Å². The number of ether oxygens (including phenoxy) is 2. The first kappa shape index (κ1) is 15.1. The Morgan fingerprint density at radius 2 is 2.00 bits per heavy atom. The van der Waals surface area contributed by atoms with Crippen molar-refractivity contribution in [3.63, 3.8) is 0 Å². The molecule has 21 heavy (non-hydrogen) atoms. The summed E-state index contributed by atoms with van der Waals surface area (Å²) in [6, 6.07) is 6.10. The molecule has 114 valence electrons. The van der Waals surface area contributed by atoms with Crippen LogP contribution in [-0.2, 0) is 9.53 Å². The highest BCUT2D eigenvalue weighted by atomic mass is 16.5. The maximum Gasteiger partial charge on any atom is 0.321 e.